The average Bonchev–Trinajstić information content (AvgIpc) is 3.18. The van der Waals surface area contributed by atoms with Crippen LogP contribution in [0.3, 0.4) is 0 Å². The Hall–Kier alpha value is -3.07. The van der Waals surface area contributed by atoms with E-state index in [-0.39, 0.29) is 10.9 Å². The van der Waals surface area contributed by atoms with Crippen LogP contribution >= 0.6 is 11.8 Å². The zero-order valence-electron chi connectivity index (χ0n) is 14.3. The summed E-state index contributed by atoms with van der Waals surface area (Å²) >= 11 is 1.56. The number of nitrogens with zero attached hydrogens (tertiary/aromatic N) is 3. The molecule has 138 valence electrons. The molecule has 3 aromatic rings. The molecule has 0 unspecified atom stereocenters. The molecule has 2 heterocycles. The number of aromatic nitrogens is 2. The quantitative estimate of drug-likeness (QED) is 0.365. The molecule has 8 nitrogen and oxygen atoms in total. The molecule has 0 bridgehead atoms. The standard InChI is InChI=1S/C18H15N3O5S/c1-11(27-14-6-7-15-16(10-14)25-9-8-24-15)17-19-20-18(26-17)12-2-4-13(5-3-12)21(22)23/h2-7,10-11H,8-9H2,1H3/t11-/m1/s1. The summed E-state index contributed by atoms with van der Waals surface area (Å²) in [7, 11) is 0. The molecule has 0 saturated heterocycles. The Kier molecular flexibility index (Phi) is 4.68. The molecular formula is C18H15N3O5S. The molecule has 1 atom stereocenters. The second-order valence-electron chi connectivity index (χ2n) is 5.81. The van der Waals surface area contributed by atoms with Gasteiger partial charge in [-0.05, 0) is 37.3 Å². The number of rotatable bonds is 5. The van der Waals surface area contributed by atoms with Gasteiger partial charge in [-0.1, -0.05) is 0 Å². The summed E-state index contributed by atoms with van der Waals surface area (Å²) in [5.41, 5.74) is 0.650. The minimum atomic E-state index is -0.449. The zero-order valence-corrected chi connectivity index (χ0v) is 15.1. The molecule has 1 aliphatic rings. The molecule has 1 aromatic heterocycles. The van der Waals surface area contributed by atoms with E-state index in [2.05, 4.69) is 10.2 Å². The number of nitro groups is 1. The maximum absolute atomic E-state index is 10.7. The van der Waals surface area contributed by atoms with Crippen molar-refractivity contribution in [3.8, 4) is 23.0 Å². The molecule has 0 amide bonds. The van der Waals surface area contributed by atoms with Crippen molar-refractivity contribution < 1.29 is 18.8 Å². The smallest absolute Gasteiger partial charge is 0.269 e. The number of hydrogen-bond donors (Lipinski definition) is 0. The number of non-ortho nitro benzene ring substituents is 1. The van der Waals surface area contributed by atoms with Crippen molar-refractivity contribution in [3.05, 3.63) is 58.5 Å². The Labute approximate surface area is 158 Å². The highest BCUT2D eigenvalue weighted by Crippen LogP contribution is 2.40. The minimum absolute atomic E-state index is 0.0148. The zero-order chi connectivity index (χ0) is 18.8. The van der Waals surface area contributed by atoms with E-state index in [1.165, 1.54) is 12.1 Å². The molecule has 9 heteroatoms. The molecule has 2 aromatic carbocycles. The van der Waals surface area contributed by atoms with Gasteiger partial charge >= 0.3 is 0 Å². The third-order valence-corrected chi connectivity index (χ3v) is 5.02. The molecular weight excluding hydrogens is 370 g/mol. The fourth-order valence-corrected chi connectivity index (χ4v) is 3.52. The van der Waals surface area contributed by atoms with Crippen LogP contribution in [0.1, 0.15) is 18.1 Å². The van der Waals surface area contributed by atoms with E-state index < -0.39 is 4.92 Å². The van der Waals surface area contributed by atoms with E-state index in [0.717, 1.165) is 16.4 Å². The van der Waals surface area contributed by atoms with Crippen molar-refractivity contribution in [1.29, 1.82) is 0 Å². The van der Waals surface area contributed by atoms with Gasteiger partial charge in [-0.3, -0.25) is 10.1 Å². The largest absolute Gasteiger partial charge is 0.486 e. The van der Waals surface area contributed by atoms with Crippen molar-refractivity contribution in [1.82, 2.24) is 10.2 Å². The lowest BCUT2D eigenvalue weighted by Crippen LogP contribution is -2.15. The minimum Gasteiger partial charge on any atom is -0.486 e. The molecule has 0 aliphatic carbocycles. The van der Waals surface area contributed by atoms with Gasteiger partial charge < -0.3 is 13.9 Å². The summed E-state index contributed by atoms with van der Waals surface area (Å²) in [4.78, 5) is 11.3. The van der Waals surface area contributed by atoms with Gasteiger partial charge in [0.05, 0.1) is 10.2 Å². The van der Waals surface area contributed by atoms with Gasteiger partial charge in [-0.15, -0.1) is 22.0 Å². The third-order valence-electron chi connectivity index (χ3n) is 3.94. The van der Waals surface area contributed by atoms with Gasteiger partial charge in [-0.25, -0.2) is 0 Å². The van der Waals surface area contributed by atoms with Crippen molar-refractivity contribution in [2.24, 2.45) is 0 Å². The van der Waals surface area contributed by atoms with Gasteiger partial charge in [-0.2, -0.15) is 0 Å². The fourth-order valence-electron chi connectivity index (χ4n) is 2.59. The Morgan fingerprint density at radius 2 is 1.81 bits per heavy atom. The highest BCUT2D eigenvalue weighted by Gasteiger charge is 2.19. The van der Waals surface area contributed by atoms with E-state index in [0.29, 0.717) is 30.6 Å². The van der Waals surface area contributed by atoms with Crippen molar-refractivity contribution in [2.45, 2.75) is 17.1 Å². The highest BCUT2D eigenvalue weighted by atomic mass is 32.2. The SMILES string of the molecule is C[C@@H](Sc1ccc2c(c1)OCCO2)c1nnc(-c2ccc([N+](=O)[O-])cc2)o1. The van der Waals surface area contributed by atoms with Crippen LogP contribution in [0.25, 0.3) is 11.5 Å². The van der Waals surface area contributed by atoms with E-state index in [1.54, 1.807) is 23.9 Å². The molecule has 0 saturated carbocycles. The second kappa shape index (κ2) is 7.28. The van der Waals surface area contributed by atoms with Crippen LogP contribution in [-0.2, 0) is 0 Å². The van der Waals surface area contributed by atoms with E-state index in [1.807, 2.05) is 25.1 Å². The van der Waals surface area contributed by atoms with Crippen LogP contribution in [-0.4, -0.2) is 28.3 Å². The Bertz CT molecular complexity index is 973. The van der Waals surface area contributed by atoms with Gasteiger partial charge in [0.25, 0.3) is 5.69 Å². The first-order valence-electron chi connectivity index (χ1n) is 8.25. The third kappa shape index (κ3) is 3.72. The lowest BCUT2D eigenvalue weighted by molar-refractivity contribution is -0.384. The summed E-state index contributed by atoms with van der Waals surface area (Å²) < 4.78 is 16.9. The van der Waals surface area contributed by atoms with E-state index >= 15 is 0 Å². The van der Waals surface area contributed by atoms with Crippen molar-refractivity contribution in [3.63, 3.8) is 0 Å². The van der Waals surface area contributed by atoms with Gasteiger partial charge in [0.2, 0.25) is 11.8 Å². The Morgan fingerprint density at radius 3 is 2.56 bits per heavy atom. The maximum atomic E-state index is 10.7. The molecule has 4 rings (SSSR count). The molecule has 1 aliphatic heterocycles. The van der Waals surface area contributed by atoms with E-state index in [4.69, 9.17) is 13.9 Å². The number of hydrogen-bond acceptors (Lipinski definition) is 8. The predicted molar refractivity (Wildman–Crippen MR) is 98.1 cm³/mol. The monoisotopic (exact) mass is 385 g/mol. The lowest BCUT2D eigenvalue weighted by Gasteiger charge is -2.19. The molecule has 0 fully saturated rings. The van der Waals surface area contributed by atoms with Crippen LogP contribution in [0.15, 0.2) is 51.8 Å². The first-order chi connectivity index (χ1) is 13.1. The van der Waals surface area contributed by atoms with Crippen molar-refractivity contribution in [2.75, 3.05) is 13.2 Å². The van der Waals surface area contributed by atoms with Crippen LogP contribution in [0.2, 0.25) is 0 Å². The number of benzene rings is 2. The Morgan fingerprint density at radius 1 is 1.07 bits per heavy atom. The number of nitro benzene ring substituents is 1. The second-order valence-corrected chi connectivity index (χ2v) is 7.23. The molecule has 27 heavy (non-hydrogen) atoms. The molecule has 0 spiro atoms. The summed E-state index contributed by atoms with van der Waals surface area (Å²) in [6, 6.07) is 11.8. The predicted octanol–water partition coefficient (Wildman–Crippen LogP) is 4.27. The van der Waals surface area contributed by atoms with Crippen LogP contribution in [0.4, 0.5) is 5.69 Å². The van der Waals surface area contributed by atoms with E-state index in [9.17, 15) is 10.1 Å². The Balaban J connectivity index is 1.48. The lowest BCUT2D eigenvalue weighted by atomic mass is 10.2. The average molecular weight is 385 g/mol. The fraction of sp³-hybridized carbons (Fsp3) is 0.222. The normalized spacial score (nSPS) is 14.0. The topological polar surface area (TPSA) is 101 Å². The van der Waals surface area contributed by atoms with Gasteiger partial charge in [0.1, 0.15) is 13.2 Å². The van der Waals surface area contributed by atoms with Gasteiger partial charge in [0, 0.05) is 22.6 Å². The number of ether oxygens (including phenoxy) is 2. The van der Waals surface area contributed by atoms with Crippen LogP contribution < -0.4 is 9.47 Å². The highest BCUT2D eigenvalue weighted by molar-refractivity contribution is 7.99. The summed E-state index contributed by atoms with van der Waals surface area (Å²) in [5, 5.41) is 18.8. The summed E-state index contributed by atoms with van der Waals surface area (Å²) in [6.07, 6.45) is 0. The van der Waals surface area contributed by atoms with Gasteiger partial charge in [0.15, 0.2) is 11.5 Å². The summed E-state index contributed by atoms with van der Waals surface area (Å²) in [5.74, 6) is 2.28. The number of thioether (sulfide) groups is 1. The van der Waals surface area contributed by atoms with Crippen LogP contribution in [0.5, 0.6) is 11.5 Å². The maximum Gasteiger partial charge on any atom is 0.269 e. The number of fused-ring (bicyclic) bond motifs is 1. The summed E-state index contributed by atoms with van der Waals surface area (Å²) in [6.45, 7) is 3.07. The van der Waals surface area contributed by atoms with Crippen LogP contribution in [0, 0.1) is 10.1 Å². The first kappa shape index (κ1) is 17.3. The van der Waals surface area contributed by atoms with Crippen molar-refractivity contribution >= 4 is 17.4 Å². The molecule has 0 N–H and O–H groups in total. The first-order valence-corrected chi connectivity index (χ1v) is 9.12. The molecule has 0 radical (unpaired) electrons.